The lowest BCUT2D eigenvalue weighted by molar-refractivity contribution is -0.130. The highest BCUT2D eigenvalue weighted by Crippen LogP contribution is 2.30. The molecule has 0 radical (unpaired) electrons. The smallest absolute Gasteiger partial charge is 0.410 e. The number of nitrogens with one attached hydrogen (secondary N) is 1. The van der Waals surface area contributed by atoms with E-state index in [-0.39, 0.29) is 24.5 Å². The predicted molar refractivity (Wildman–Crippen MR) is 95.3 cm³/mol. The molecule has 0 spiro atoms. The first kappa shape index (κ1) is 18.4. The number of hydrogen-bond donors (Lipinski definition) is 1. The van der Waals surface area contributed by atoms with E-state index < -0.39 is 11.7 Å². The van der Waals surface area contributed by atoms with Crippen LogP contribution in [0.4, 0.5) is 4.79 Å². The highest BCUT2D eigenvalue weighted by molar-refractivity contribution is 5.81. The Morgan fingerprint density at radius 2 is 2.00 bits per heavy atom. The largest absolute Gasteiger partial charge is 0.485 e. The topological polar surface area (TPSA) is 77.1 Å². The van der Waals surface area contributed by atoms with E-state index in [1.807, 2.05) is 39.0 Å². The van der Waals surface area contributed by atoms with E-state index >= 15 is 0 Å². The fourth-order valence-corrected chi connectivity index (χ4v) is 3.00. The maximum absolute atomic E-state index is 12.3. The van der Waals surface area contributed by atoms with Gasteiger partial charge in [0, 0.05) is 19.6 Å². The average Bonchev–Trinajstić information content (AvgIpc) is 3.07. The van der Waals surface area contributed by atoms with Crippen molar-refractivity contribution in [3.05, 3.63) is 24.3 Å². The van der Waals surface area contributed by atoms with Gasteiger partial charge in [0.25, 0.3) is 5.91 Å². The van der Waals surface area contributed by atoms with Crippen LogP contribution in [0.5, 0.6) is 11.5 Å². The van der Waals surface area contributed by atoms with Gasteiger partial charge in [-0.3, -0.25) is 4.79 Å². The summed E-state index contributed by atoms with van der Waals surface area (Å²) in [7, 11) is 0. The maximum atomic E-state index is 12.3. The molecule has 2 aliphatic rings. The van der Waals surface area contributed by atoms with Crippen molar-refractivity contribution in [1.29, 1.82) is 0 Å². The van der Waals surface area contributed by atoms with Gasteiger partial charge in [0.05, 0.1) is 0 Å². The third kappa shape index (κ3) is 4.59. The van der Waals surface area contributed by atoms with Crippen LogP contribution < -0.4 is 14.8 Å². The van der Waals surface area contributed by atoms with Crippen molar-refractivity contribution in [3.63, 3.8) is 0 Å². The van der Waals surface area contributed by atoms with E-state index in [9.17, 15) is 9.59 Å². The number of benzene rings is 1. The van der Waals surface area contributed by atoms with E-state index in [1.54, 1.807) is 11.0 Å². The van der Waals surface area contributed by atoms with Crippen molar-refractivity contribution in [1.82, 2.24) is 10.2 Å². The summed E-state index contributed by atoms with van der Waals surface area (Å²) < 4.78 is 16.7. The van der Waals surface area contributed by atoms with Gasteiger partial charge in [0.15, 0.2) is 11.5 Å². The van der Waals surface area contributed by atoms with Gasteiger partial charge in [-0.1, -0.05) is 12.1 Å². The quantitative estimate of drug-likeness (QED) is 0.892. The molecule has 0 aromatic heterocycles. The van der Waals surface area contributed by atoms with Crippen LogP contribution >= 0.6 is 0 Å². The van der Waals surface area contributed by atoms with Crippen molar-refractivity contribution in [3.8, 4) is 11.5 Å². The maximum Gasteiger partial charge on any atom is 0.410 e. The highest BCUT2D eigenvalue weighted by atomic mass is 16.6. The van der Waals surface area contributed by atoms with E-state index in [0.29, 0.717) is 31.1 Å². The van der Waals surface area contributed by atoms with Gasteiger partial charge in [0.2, 0.25) is 6.10 Å². The fourth-order valence-electron chi connectivity index (χ4n) is 3.00. The minimum Gasteiger partial charge on any atom is -0.485 e. The molecule has 1 fully saturated rings. The normalized spacial score (nSPS) is 22.0. The van der Waals surface area contributed by atoms with Crippen molar-refractivity contribution in [2.45, 2.75) is 38.9 Å². The lowest BCUT2D eigenvalue weighted by Gasteiger charge is -2.26. The van der Waals surface area contributed by atoms with Crippen molar-refractivity contribution >= 4 is 12.0 Å². The molecule has 26 heavy (non-hydrogen) atoms. The molecular formula is C19H26N2O5. The molecular weight excluding hydrogens is 336 g/mol. The Bertz CT molecular complexity index is 670. The van der Waals surface area contributed by atoms with E-state index in [2.05, 4.69) is 5.32 Å². The van der Waals surface area contributed by atoms with Gasteiger partial charge in [-0.05, 0) is 45.2 Å². The Balaban J connectivity index is 1.44. The lowest BCUT2D eigenvalue weighted by Crippen LogP contribution is -2.45. The molecule has 7 heteroatoms. The summed E-state index contributed by atoms with van der Waals surface area (Å²) in [6, 6.07) is 7.29. The second-order valence-electron chi connectivity index (χ2n) is 7.69. The molecule has 1 N–H and O–H groups in total. The predicted octanol–water partition coefficient (Wildman–Crippen LogP) is 2.20. The van der Waals surface area contributed by atoms with Gasteiger partial charge < -0.3 is 24.4 Å². The molecule has 1 saturated heterocycles. The monoisotopic (exact) mass is 362 g/mol. The van der Waals surface area contributed by atoms with Crippen LogP contribution in [0, 0.1) is 5.92 Å². The van der Waals surface area contributed by atoms with Crippen LogP contribution in [0.15, 0.2) is 24.3 Å². The summed E-state index contributed by atoms with van der Waals surface area (Å²) in [5.74, 6) is 1.25. The number of rotatable bonds is 3. The minimum absolute atomic E-state index is 0.192. The number of para-hydroxylation sites is 2. The second kappa shape index (κ2) is 7.43. The van der Waals surface area contributed by atoms with Gasteiger partial charge in [-0.2, -0.15) is 0 Å². The van der Waals surface area contributed by atoms with Gasteiger partial charge in [-0.25, -0.2) is 4.79 Å². The number of ether oxygens (including phenoxy) is 3. The van der Waals surface area contributed by atoms with Crippen LogP contribution in [-0.4, -0.2) is 54.8 Å². The van der Waals surface area contributed by atoms with E-state index in [4.69, 9.17) is 14.2 Å². The highest BCUT2D eigenvalue weighted by Gasteiger charge is 2.31. The van der Waals surface area contributed by atoms with Gasteiger partial charge in [0.1, 0.15) is 12.2 Å². The standard InChI is InChI=1S/C19H26N2O5/c1-19(2,3)26-18(23)21-9-8-13(11-21)10-20-17(22)16-12-24-14-6-4-5-7-15(14)25-16/h4-7,13,16H,8-12H2,1-3H3,(H,20,22)/t13-,16-/m1/s1. The molecule has 0 aliphatic carbocycles. The van der Waals surface area contributed by atoms with Gasteiger partial charge >= 0.3 is 6.09 Å². The average molecular weight is 362 g/mol. The third-order valence-corrected chi connectivity index (χ3v) is 4.30. The summed E-state index contributed by atoms with van der Waals surface area (Å²) in [6.07, 6.45) is -0.120. The molecule has 7 nitrogen and oxygen atoms in total. The number of hydrogen-bond acceptors (Lipinski definition) is 5. The number of amides is 2. The van der Waals surface area contributed by atoms with Crippen LogP contribution in [0.25, 0.3) is 0 Å². The summed E-state index contributed by atoms with van der Waals surface area (Å²) in [5, 5.41) is 2.91. The molecule has 2 aliphatic heterocycles. The minimum atomic E-state index is -0.659. The van der Waals surface area contributed by atoms with Crippen LogP contribution in [0.3, 0.4) is 0 Å². The molecule has 142 valence electrons. The first-order chi connectivity index (χ1) is 12.3. The van der Waals surface area contributed by atoms with Crippen LogP contribution in [0.1, 0.15) is 27.2 Å². The van der Waals surface area contributed by atoms with Crippen molar-refractivity contribution in [2.24, 2.45) is 5.92 Å². The SMILES string of the molecule is CC(C)(C)OC(=O)N1CC[C@H](CNC(=O)[C@H]2COc3ccccc3O2)C1. The van der Waals surface area contributed by atoms with Crippen LogP contribution in [0.2, 0.25) is 0 Å². The second-order valence-corrected chi connectivity index (χ2v) is 7.69. The zero-order chi connectivity index (χ0) is 18.7. The third-order valence-electron chi connectivity index (χ3n) is 4.30. The van der Waals surface area contributed by atoms with E-state index in [0.717, 1.165) is 6.42 Å². The molecule has 2 amide bonds. The Kier molecular flexibility index (Phi) is 5.25. The molecule has 1 aromatic carbocycles. The number of carbonyl (C=O) groups is 2. The van der Waals surface area contributed by atoms with Crippen molar-refractivity contribution in [2.75, 3.05) is 26.2 Å². The summed E-state index contributed by atoms with van der Waals surface area (Å²) in [5.41, 5.74) is -0.502. The molecule has 3 rings (SSSR count). The zero-order valence-electron chi connectivity index (χ0n) is 15.5. The number of fused-ring (bicyclic) bond motifs is 1. The zero-order valence-corrected chi connectivity index (χ0v) is 15.5. The molecule has 0 saturated carbocycles. The Labute approximate surface area is 153 Å². The number of carbonyl (C=O) groups excluding carboxylic acids is 2. The lowest BCUT2D eigenvalue weighted by atomic mass is 10.1. The van der Waals surface area contributed by atoms with Crippen molar-refractivity contribution < 1.29 is 23.8 Å². The van der Waals surface area contributed by atoms with Gasteiger partial charge in [-0.15, -0.1) is 0 Å². The summed E-state index contributed by atoms with van der Waals surface area (Å²) in [6.45, 7) is 7.47. The Hall–Kier alpha value is -2.44. The summed E-state index contributed by atoms with van der Waals surface area (Å²) >= 11 is 0. The molecule has 1 aromatic rings. The Morgan fingerprint density at radius 1 is 1.27 bits per heavy atom. The fraction of sp³-hybridized carbons (Fsp3) is 0.579. The van der Waals surface area contributed by atoms with Crippen LogP contribution in [-0.2, 0) is 9.53 Å². The number of nitrogens with zero attached hydrogens (tertiary/aromatic N) is 1. The van der Waals surface area contributed by atoms with E-state index in [1.165, 1.54) is 0 Å². The number of likely N-dealkylation sites (tertiary alicyclic amines) is 1. The summed E-state index contributed by atoms with van der Waals surface area (Å²) in [4.78, 5) is 26.1. The molecule has 2 heterocycles. The first-order valence-corrected chi connectivity index (χ1v) is 8.96. The molecule has 0 unspecified atom stereocenters. The molecule has 2 atom stereocenters. The first-order valence-electron chi connectivity index (χ1n) is 8.96. The Morgan fingerprint density at radius 3 is 2.73 bits per heavy atom. The molecule has 0 bridgehead atoms.